The summed E-state index contributed by atoms with van der Waals surface area (Å²) in [5, 5.41) is 9.43. The largest absolute Gasteiger partial charge is 0.506 e. The Kier molecular flexibility index (Phi) is 2.59. The number of alkyl halides is 2. The number of rotatable bonds is 2. The predicted octanol–water partition coefficient (Wildman–Crippen LogP) is 2.67. The van der Waals surface area contributed by atoms with Gasteiger partial charge >= 0.3 is 0 Å². The van der Waals surface area contributed by atoms with Crippen molar-refractivity contribution in [1.82, 2.24) is 0 Å². The van der Waals surface area contributed by atoms with Gasteiger partial charge in [-0.15, -0.1) is 0 Å². The highest BCUT2D eigenvalue weighted by Crippen LogP contribution is 2.53. The van der Waals surface area contributed by atoms with Gasteiger partial charge in [0.2, 0.25) is 5.92 Å². The average Bonchev–Trinajstić information content (AvgIpc) is 2.18. The molecular formula is C11H12ClF2NO. The zero-order chi connectivity index (χ0) is 12.0. The lowest BCUT2D eigenvalue weighted by Crippen LogP contribution is -2.53. The van der Waals surface area contributed by atoms with Crippen LogP contribution in [0.5, 0.6) is 5.75 Å². The van der Waals surface area contributed by atoms with E-state index in [4.69, 9.17) is 17.3 Å². The van der Waals surface area contributed by atoms with E-state index < -0.39 is 11.3 Å². The highest BCUT2D eigenvalue weighted by atomic mass is 35.5. The van der Waals surface area contributed by atoms with E-state index in [1.165, 1.54) is 12.1 Å². The number of phenols is 1. The van der Waals surface area contributed by atoms with Gasteiger partial charge in [0.25, 0.3) is 0 Å². The van der Waals surface area contributed by atoms with Crippen LogP contribution in [0.4, 0.5) is 8.78 Å². The molecular weight excluding hydrogens is 236 g/mol. The van der Waals surface area contributed by atoms with Crippen LogP contribution in [-0.2, 0) is 5.41 Å². The van der Waals surface area contributed by atoms with Crippen molar-refractivity contribution in [3.05, 3.63) is 28.8 Å². The number of nitrogens with two attached hydrogens (primary N) is 1. The van der Waals surface area contributed by atoms with Gasteiger partial charge < -0.3 is 10.8 Å². The maximum absolute atomic E-state index is 12.9. The smallest absolute Gasteiger partial charge is 0.250 e. The maximum Gasteiger partial charge on any atom is 0.250 e. The molecule has 0 amide bonds. The number of halogens is 3. The Morgan fingerprint density at radius 3 is 2.44 bits per heavy atom. The Morgan fingerprint density at radius 2 is 2.00 bits per heavy atom. The van der Waals surface area contributed by atoms with Gasteiger partial charge in [-0.25, -0.2) is 8.78 Å². The SMILES string of the molecule is NCC1(c2ccc(O)c(Cl)c2)CC(F)(F)C1. The fourth-order valence-electron chi connectivity index (χ4n) is 2.24. The molecule has 1 fully saturated rings. The summed E-state index contributed by atoms with van der Waals surface area (Å²) in [5.41, 5.74) is 5.55. The molecule has 0 heterocycles. The third-order valence-corrected chi connectivity index (χ3v) is 3.45. The molecule has 5 heteroatoms. The molecule has 2 nitrogen and oxygen atoms in total. The van der Waals surface area contributed by atoms with E-state index in [9.17, 15) is 13.9 Å². The molecule has 1 aliphatic carbocycles. The molecule has 1 saturated carbocycles. The first-order valence-electron chi connectivity index (χ1n) is 4.95. The molecule has 88 valence electrons. The highest BCUT2D eigenvalue weighted by molar-refractivity contribution is 6.32. The molecule has 0 radical (unpaired) electrons. The molecule has 0 saturated heterocycles. The summed E-state index contributed by atoms with van der Waals surface area (Å²) in [6.45, 7) is 0.156. The van der Waals surface area contributed by atoms with Gasteiger partial charge in [-0.2, -0.15) is 0 Å². The van der Waals surface area contributed by atoms with E-state index in [0.717, 1.165) is 0 Å². The van der Waals surface area contributed by atoms with Crippen molar-refractivity contribution in [2.45, 2.75) is 24.2 Å². The topological polar surface area (TPSA) is 46.2 Å². The Bertz CT molecular complexity index is 414. The van der Waals surface area contributed by atoms with Gasteiger partial charge in [-0.3, -0.25) is 0 Å². The average molecular weight is 248 g/mol. The minimum Gasteiger partial charge on any atom is -0.506 e. The van der Waals surface area contributed by atoms with Crippen LogP contribution in [0.1, 0.15) is 18.4 Å². The Morgan fingerprint density at radius 1 is 1.38 bits per heavy atom. The Hall–Kier alpha value is -0.870. The van der Waals surface area contributed by atoms with Gasteiger partial charge in [0, 0.05) is 24.8 Å². The van der Waals surface area contributed by atoms with E-state index in [0.29, 0.717) is 5.56 Å². The molecule has 0 spiro atoms. The second kappa shape index (κ2) is 3.57. The molecule has 2 rings (SSSR count). The first-order chi connectivity index (χ1) is 7.38. The Balaban J connectivity index is 2.32. The summed E-state index contributed by atoms with van der Waals surface area (Å²) in [7, 11) is 0. The van der Waals surface area contributed by atoms with Crippen LogP contribution in [-0.4, -0.2) is 17.6 Å². The second-order valence-electron chi connectivity index (χ2n) is 4.36. The first-order valence-corrected chi connectivity index (χ1v) is 5.33. The molecule has 0 aromatic heterocycles. The summed E-state index contributed by atoms with van der Waals surface area (Å²) in [6, 6.07) is 4.52. The minimum atomic E-state index is -2.64. The van der Waals surface area contributed by atoms with E-state index in [2.05, 4.69) is 0 Å². The van der Waals surface area contributed by atoms with Crippen LogP contribution in [0.3, 0.4) is 0 Å². The van der Waals surface area contributed by atoms with Crippen LogP contribution >= 0.6 is 11.6 Å². The zero-order valence-corrected chi connectivity index (χ0v) is 9.27. The van der Waals surface area contributed by atoms with Gasteiger partial charge in [-0.1, -0.05) is 17.7 Å². The van der Waals surface area contributed by atoms with E-state index in [-0.39, 0.29) is 30.2 Å². The van der Waals surface area contributed by atoms with E-state index in [1.54, 1.807) is 6.07 Å². The predicted molar refractivity (Wildman–Crippen MR) is 58.0 cm³/mol. The normalized spacial score (nSPS) is 21.5. The van der Waals surface area contributed by atoms with Crippen LogP contribution in [0, 0.1) is 0 Å². The fraction of sp³-hybridized carbons (Fsp3) is 0.455. The number of hydrogen-bond acceptors (Lipinski definition) is 2. The monoisotopic (exact) mass is 247 g/mol. The van der Waals surface area contributed by atoms with Crippen molar-refractivity contribution in [2.75, 3.05) is 6.54 Å². The van der Waals surface area contributed by atoms with Crippen LogP contribution < -0.4 is 5.73 Å². The summed E-state index contributed by atoms with van der Waals surface area (Å²) >= 11 is 5.75. The maximum atomic E-state index is 12.9. The molecule has 0 aliphatic heterocycles. The third kappa shape index (κ3) is 1.76. The summed E-state index contributed by atoms with van der Waals surface area (Å²) < 4.78 is 25.9. The van der Waals surface area contributed by atoms with Crippen molar-refractivity contribution in [2.24, 2.45) is 5.73 Å². The molecule has 3 N–H and O–H groups in total. The quantitative estimate of drug-likeness (QED) is 0.844. The lowest BCUT2D eigenvalue weighted by atomic mass is 9.62. The summed E-state index contributed by atoms with van der Waals surface area (Å²) in [5.74, 6) is -2.69. The number of phenolic OH excluding ortho intramolecular Hbond substituents is 1. The molecule has 0 bridgehead atoms. The van der Waals surface area contributed by atoms with E-state index >= 15 is 0 Å². The van der Waals surface area contributed by atoms with Gasteiger partial charge in [0.1, 0.15) is 5.75 Å². The van der Waals surface area contributed by atoms with Crippen LogP contribution in [0.25, 0.3) is 0 Å². The van der Waals surface area contributed by atoms with Crippen LogP contribution in [0.15, 0.2) is 18.2 Å². The summed E-state index contributed by atoms with van der Waals surface area (Å²) in [6.07, 6.45) is -0.505. The molecule has 0 atom stereocenters. The van der Waals surface area contributed by atoms with Gasteiger partial charge in [0.15, 0.2) is 0 Å². The number of aromatic hydroxyl groups is 1. The first kappa shape index (κ1) is 11.6. The Labute approximate surface area is 97.0 Å². The van der Waals surface area contributed by atoms with E-state index in [1.807, 2.05) is 0 Å². The number of benzene rings is 1. The molecule has 0 unspecified atom stereocenters. The molecule has 1 aromatic carbocycles. The fourth-order valence-corrected chi connectivity index (χ4v) is 2.42. The molecule has 1 aliphatic rings. The zero-order valence-electron chi connectivity index (χ0n) is 8.51. The van der Waals surface area contributed by atoms with Crippen molar-refractivity contribution in [3.63, 3.8) is 0 Å². The van der Waals surface area contributed by atoms with Crippen molar-refractivity contribution >= 4 is 11.6 Å². The number of hydrogen-bond donors (Lipinski definition) is 2. The lowest BCUT2D eigenvalue weighted by molar-refractivity contribution is -0.123. The van der Waals surface area contributed by atoms with Crippen LogP contribution in [0.2, 0.25) is 5.02 Å². The lowest BCUT2D eigenvalue weighted by Gasteiger charge is -2.47. The highest BCUT2D eigenvalue weighted by Gasteiger charge is 2.56. The van der Waals surface area contributed by atoms with Gasteiger partial charge in [0.05, 0.1) is 5.02 Å². The summed E-state index contributed by atoms with van der Waals surface area (Å²) in [4.78, 5) is 0. The molecule has 1 aromatic rings. The van der Waals surface area contributed by atoms with Crippen molar-refractivity contribution < 1.29 is 13.9 Å². The minimum absolute atomic E-state index is 0.0522. The molecule has 16 heavy (non-hydrogen) atoms. The third-order valence-electron chi connectivity index (χ3n) is 3.14. The van der Waals surface area contributed by atoms with Gasteiger partial charge in [-0.05, 0) is 17.7 Å². The second-order valence-corrected chi connectivity index (χ2v) is 4.77. The van der Waals surface area contributed by atoms with Crippen molar-refractivity contribution in [1.29, 1.82) is 0 Å². The van der Waals surface area contributed by atoms with Crippen molar-refractivity contribution in [3.8, 4) is 5.75 Å². The standard InChI is InChI=1S/C11H12ClF2NO/c12-8-3-7(1-2-9(8)16)10(6-15)4-11(13,14)5-10/h1-3,16H,4-6,15H2.